The molecule has 2 heterocycles. The van der Waals surface area contributed by atoms with E-state index in [4.69, 9.17) is 0 Å². The van der Waals surface area contributed by atoms with Crippen LogP contribution in [-0.2, 0) is 0 Å². The van der Waals surface area contributed by atoms with Gasteiger partial charge >= 0.3 is 0 Å². The summed E-state index contributed by atoms with van der Waals surface area (Å²) in [7, 11) is 0. The molecule has 1 fully saturated rings. The summed E-state index contributed by atoms with van der Waals surface area (Å²) >= 11 is 0. The van der Waals surface area contributed by atoms with Crippen LogP contribution >= 0.6 is 0 Å². The lowest BCUT2D eigenvalue weighted by Gasteiger charge is -2.41. The number of pyridine rings is 1. The Morgan fingerprint density at radius 2 is 1.72 bits per heavy atom. The number of piperazine rings is 1. The van der Waals surface area contributed by atoms with Gasteiger partial charge in [0.15, 0.2) is 0 Å². The molecule has 1 atom stereocenters. The van der Waals surface area contributed by atoms with Gasteiger partial charge in [0.05, 0.1) is 0 Å². The van der Waals surface area contributed by atoms with Crippen LogP contribution in [0.2, 0.25) is 0 Å². The molecule has 1 amide bonds. The molecule has 2 aromatic carbocycles. The number of hydrogen-bond donors (Lipinski definition) is 1. The van der Waals surface area contributed by atoms with Crippen molar-refractivity contribution in [1.29, 1.82) is 0 Å². The van der Waals surface area contributed by atoms with Crippen LogP contribution in [-0.4, -0.2) is 42.0 Å². The first-order valence-electron chi connectivity index (χ1n) is 10.0. The Morgan fingerprint density at radius 1 is 1.00 bits per heavy atom. The molecule has 3 aromatic rings. The van der Waals surface area contributed by atoms with Gasteiger partial charge in [-0.15, -0.1) is 0 Å². The number of nitrogens with zero attached hydrogens (tertiary/aromatic N) is 3. The summed E-state index contributed by atoms with van der Waals surface area (Å²) in [5.41, 5.74) is 3.74. The fourth-order valence-electron chi connectivity index (χ4n) is 3.77. The van der Waals surface area contributed by atoms with Crippen molar-refractivity contribution >= 4 is 11.6 Å². The standard InChI is InChI=1S/C24H26N4O/c1-19-9-11-22(12-10-19)28(24(29)20-6-3-2-4-7-20)23(21-8-5-13-26-18-21)27-16-14-25-15-17-27/h2-13,18,23,25H,14-17H2,1H3. The second-order valence-corrected chi connectivity index (χ2v) is 7.32. The Bertz CT molecular complexity index is 922. The fraction of sp³-hybridized carbons (Fsp3) is 0.250. The van der Waals surface area contributed by atoms with Crippen LogP contribution in [0.15, 0.2) is 79.1 Å². The van der Waals surface area contributed by atoms with Crippen molar-refractivity contribution in [2.24, 2.45) is 0 Å². The highest BCUT2D eigenvalue weighted by Gasteiger charge is 2.33. The lowest BCUT2D eigenvalue weighted by Crippen LogP contribution is -2.52. The van der Waals surface area contributed by atoms with Crippen LogP contribution < -0.4 is 10.2 Å². The number of rotatable bonds is 5. The lowest BCUT2D eigenvalue weighted by molar-refractivity contribution is 0.0908. The number of hydrogen-bond acceptors (Lipinski definition) is 4. The number of benzene rings is 2. The zero-order valence-corrected chi connectivity index (χ0v) is 16.7. The number of nitrogens with one attached hydrogen (secondary N) is 1. The summed E-state index contributed by atoms with van der Waals surface area (Å²) in [6, 6.07) is 21.7. The average molecular weight is 386 g/mol. The molecule has 4 rings (SSSR count). The molecule has 0 saturated carbocycles. The maximum absolute atomic E-state index is 13.8. The highest BCUT2D eigenvalue weighted by Crippen LogP contribution is 2.32. The molecule has 5 heteroatoms. The third-order valence-electron chi connectivity index (χ3n) is 5.28. The number of amides is 1. The fourth-order valence-corrected chi connectivity index (χ4v) is 3.77. The van der Waals surface area contributed by atoms with E-state index in [0.29, 0.717) is 5.56 Å². The molecule has 29 heavy (non-hydrogen) atoms. The molecule has 1 unspecified atom stereocenters. The summed E-state index contributed by atoms with van der Waals surface area (Å²) in [5.74, 6) is -0.0122. The van der Waals surface area contributed by atoms with Gasteiger partial charge in [-0.3, -0.25) is 19.6 Å². The third kappa shape index (κ3) is 4.36. The van der Waals surface area contributed by atoms with Crippen molar-refractivity contribution in [3.63, 3.8) is 0 Å². The van der Waals surface area contributed by atoms with Crippen molar-refractivity contribution < 1.29 is 4.79 Å². The summed E-state index contributed by atoms with van der Waals surface area (Å²) in [6.45, 7) is 5.59. The van der Waals surface area contributed by atoms with Gasteiger partial charge in [0.2, 0.25) is 0 Å². The number of carbonyl (C=O) groups is 1. The monoisotopic (exact) mass is 386 g/mol. The van der Waals surface area contributed by atoms with E-state index in [9.17, 15) is 4.79 Å². The molecule has 1 saturated heterocycles. The molecule has 1 aliphatic heterocycles. The van der Waals surface area contributed by atoms with Gasteiger partial charge in [-0.05, 0) is 37.3 Å². The highest BCUT2D eigenvalue weighted by molar-refractivity contribution is 6.06. The van der Waals surface area contributed by atoms with Gasteiger partial charge in [0.25, 0.3) is 5.91 Å². The van der Waals surface area contributed by atoms with Crippen molar-refractivity contribution in [3.8, 4) is 0 Å². The molecule has 5 nitrogen and oxygen atoms in total. The third-order valence-corrected chi connectivity index (χ3v) is 5.28. The van der Waals surface area contributed by atoms with Crippen LogP contribution in [0.25, 0.3) is 0 Å². The maximum atomic E-state index is 13.8. The van der Waals surface area contributed by atoms with Crippen molar-refractivity contribution in [2.75, 3.05) is 31.1 Å². The molecule has 1 aromatic heterocycles. The minimum absolute atomic E-state index is 0.0122. The van der Waals surface area contributed by atoms with E-state index in [1.807, 2.05) is 59.6 Å². The zero-order chi connectivity index (χ0) is 20.1. The molecule has 0 spiro atoms. The van der Waals surface area contributed by atoms with Crippen LogP contribution in [0.3, 0.4) is 0 Å². The van der Waals surface area contributed by atoms with Crippen molar-refractivity contribution in [1.82, 2.24) is 15.2 Å². The highest BCUT2D eigenvalue weighted by atomic mass is 16.2. The lowest BCUT2D eigenvalue weighted by atomic mass is 10.1. The Kier molecular flexibility index (Phi) is 5.98. The molecule has 0 radical (unpaired) electrons. The predicted molar refractivity (Wildman–Crippen MR) is 116 cm³/mol. The Labute approximate surface area is 172 Å². The second-order valence-electron chi connectivity index (χ2n) is 7.32. The van der Waals surface area contributed by atoms with Crippen LogP contribution in [0.5, 0.6) is 0 Å². The van der Waals surface area contributed by atoms with E-state index in [0.717, 1.165) is 37.4 Å². The van der Waals surface area contributed by atoms with E-state index in [1.165, 1.54) is 5.56 Å². The average Bonchev–Trinajstić information content (AvgIpc) is 2.79. The van der Waals surface area contributed by atoms with Crippen LogP contribution in [0.1, 0.15) is 27.7 Å². The van der Waals surface area contributed by atoms with E-state index >= 15 is 0 Å². The zero-order valence-electron chi connectivity index (χ0n) is 16.7. The van der Waals surface area contributed by atoms with E-state index in [1.54, 1.807) is 6.20 Å². The van der Waals surface area contributed by atoms with E-state index in [-0.39, 0.29) is 12.1 Å². The first-order valence-corrected chi connectivity index (χ1v) is 10.0. The smallest absolute Gasteiger partial charge is 0.259 e. The largest absolute Gasteiger partial charge is 0.314 e. The molecule has 1 N–H and O–H groups in total. The Morgan fingerprint density at radius 3 is 2.38 bits per heavy atom. The molecule has 148 valence electrons. The number of aryl methyl sites for hydroxylation is 1. The van der Waals surface area contributed by atoms with Gasteiger partial charge < -0.3 is 5.32 Å². The second kappa shape index (κ2) is 8.99. The minimum atomic E-state index is -0.221. The Balaban J connectivity index is 1.83. The molecular weight excluding hydrogens is 360 g/mol. The molecular formula is C24H26N4O. The van der Waals surface area contributed by atoms with Crippen molar-refractivity contribution in [2.45, 2.75) is 13.1 Å². The maximum Gasteiger partial charge on any atom is 0.259 e. The SMILES string of the molecule is Cc1ccc(N(C(=O)c2ccccc2)C(c2cccnc2)N2CCNCC2)cc1. The first-order chi connectivity index (χ1) is 14.2. The van der Waals surface area contributed by atoms with Gasteiger partial charge in [0, 0.05) is 55.4 Å². The van der Waals surface area contributed by atoms with Crippen LogP contribution in [0, 0.1) is 6.92 Å². The van der Waals surface area contributed by atoms with Gasteiger partial charge in [-0.25, -0.2) is 0 Å². The first kappa shape index (κ1) is 19.3. The summed E-state index contributed by atoms with van der Waals surface area (Å²) in [4.78, 5) is 22.4. The molecule has 0 aliphatic carbocycles. The van der Waals surface area contributed by atoms with Crippen molar-refractivity contribution in [3.05, 3.63) is 95.8 Å². The van der Waals surface area contributed by atoms with Crippen LogP contribution in [0.4, 0.5) is 5.69 Å². The molecule has 1 aliphatic rings. The quantitative estimate of drug-likeness (QED) is 0.727. The van der Waals surface area contributed by atoms with Gasteiger partial charge in [-0.1, -0.05) is 42.0 Å². The number of carbonyl (C=O) groups excluding carboxylic acids is 1. The topological polar surface area (TPSA) is 48.5 Å². The Hall–Kier alpha value is -3.02. The summed E-state index contributed by atoms with van der Waals surface area (Å²) < 4.78 is 0. The van der Waals surface area contributed by atoms with E-state index < -0.39 is 0 Å². The summed E-state index contributed by atoms with van der Waals surface area (Å²) in [6.07, 6.45) is 3.42. The van der Waals surface area contributed by atoms with E-state index in [2.05, 4.69) is 40.3 Å². The summed E-state index contributed by atoms with van der Waals surface area (Å²) in [5, 5.41) is 3.41. The predicted octanol–water partition coefficient (Wildman–Crippen LogP) is 3.64. The number of anilines is 1. The molecule has 0 bridgehead atoms. The number of aromatic nitrogens is 1. The minimum Gasteiger partial charge on any atom is -0.314 e. The normalized spacial score (nSPS) is 15.6. The van der Waals surface area contributed by atoms with Gasteiger partial charge in [-0.2, -0.15) is 0 Å². The van der Waals surface area contributed by atoms with Gasteiger partial charge in [0.1, 0.15) is 6.17 Å².